The Morgan fingerprint density at radius 2 is 1.93 bits per heavy atom. The predicted octanol–water partition coefficient (Wildman–Crippen LogP) is 2.79. The van der Waals surface area contributed by atoms with E-state index in [1.54, 1.807) is 12.1 Å². The van der Waals surface area contributed by atoms with Gasteiger partial charge in [0.05, 0.1) is 17.1 Å². The summed E-state index contributed by atoms with van der Waals surface area (Å²) in [6.07, 6.45) is 2.33. The Labute approximate surface area is 165 Å². The summed E-state index contributed by atoms with van der Waals surface area (Å²) in [5.41, 5.74) is 0.462. The average Bonchev–Trinajstić information content (AvgIpc) is 3.43. The quantitative estimate of drug-likeness (QED) is 0.549. The van der Waals surface area contributed by atoms with Crippen molar-refractivity contribution in [3.63, 3.8) is 0 Å². The summed E-state index contributed by atoms with van der Waals surface area (Å²) >= 11 is 0. The third-order valence-electron chi connectivity index (χ3n) is 5.35. The van der Waals surface area contributed by atoms with Crippen molar-refractivity contribution in [2.75, 3.05) is 25.0 Å². The molecule has 1 aliphatic heterocycles. The molecule has 1 aliphatic carbocycles. The Kier molecular flexibility index (Phi) is 5.90. The van der Waals surface area contributed by atoms with Crippen LogP contribution in [-0.4, -0.2) is 59.2 Å². The van der Waals surface area contributed by atoms with Gasteiger partial charge < -0.3 is 15.4 Å². The Hall–Kier alpha value is -2.19. The number of hydrogen-bond donors (Lipinski definition) is 2. The zero-order chi connectivity index (χ0) is 20.5. The van der Waals surface area contributed by atoms with E-state index in [-0.39, 0.29) is 29.3 Å². The Morgan fingerprint density at radius 1 is 1.29 bits per heavy atom. The molecular weight excluding hydrogens is 360 g/mol. The molecule has 1 heterocycles. The molecule has 0 aromatic heterocycles. The molecule has 28 heavy (non-hydrogen) atoms. The lowest BCUT2D eigenvalue weighted by molar-refractivity contribution is -0.384. The first-order valence-corrected chi connectivity index (χ1v) is 9.89. The maximum atomic E-state index is 12.6. The smallest absolute Gasteiger partial charge is 0.293 e. The van der Waals surface area contributed by atoms with E-state index < -0.39 is 4.92 Å². The molecule has 1 saturated carbocycles. The van der Waals surface area contributed by atoms with E-state index in [1.165, 1.54) is 6.07 Å². The summed E-state index contributed by atoms with van der Waals surface area (Å²) in [6.45, 7) is 10.3. The molecule has 8 heteroatoms. The number of morpholine rings is 1. The number of carbonyl (C=O) groups is 1. The first kappa shape index (κ1) is 20.5. The molecule has 0 spiro atoms. The van der Waals surface area contributed by atoms with Gasteiger partial charge in [0.15, 0.2) is 0 Å². The van der Waals surface area contributed by atoms with Crippen molar-refractivity contribution in [1.82, 2.24) is 10.2 Å². The molecule has 1 amide bonds. The van der Waals surface area contributed by atoms with Gasteiger partial charge in [-0.2, -0.15) is 0 Å². The number of ether oxygens (including phenoxy) is 1. The molecule has 2 fully saturated rings. The lowest BCUT2D eigenvalue weighted by atomic mass is 10.00. The number of anilines is 1. The van der Waals surface area contributed by atoms with E-state index in [2.05, 4.69) is 29.4 Å². The van der Waals surface area contributed by atoms with E-state index in [4.69, 9.17) is 4.74 Å². The van der Waals surface area contributed by atoms with Crippen molar-refractivity contribution >= 4 is 17.3 Å². The number of nitro benzene ring substituents is 1. The zero-order valence-electron chi connectivity index (χ0n) is 17.0. The zero-order valence-corrected chi connectivity index (χ0v) is 17.0. The summed E-state index contributed by atoms with van der Waals surface area (Å²) in [7, 11) is 0. The van der Waals surface area contributed by atoms with Crippen LogP contribution in [0, 0.1) is 10.1 Å². The van der Waals surface area contributed by atoms with Crippen LogP contribution in [0.5, 0.6) is 0 Å². The molecule has 1 saturated heterocycles. The van der Waals surface area contributed by atoms with E-state index in [1.807, 2.05) is 13.8 Å². The molecule has 154 valence electrons. The Bertz CT molecular complexity index is 738. The molecule has 8 nitrogen and oxygen atoms in total. The standard InChI is InChI=1S/C20H30N4O4/c1-13-10-23(11-14(2)28-13)20(3,4)12-21-19(25)15-5-8-17(22-16-6-7-16)18(9-15)24(26)27/h5,8-9,13-14,16,22H,6-7,10-12H2,1-4H3,(H,21,25)/t13-,14-/m1/s1. The maximum Gasteiger partial charge on any atom is 0.293 e. The number of carbonyl (C=O) groups excluding carboxylic acids is 1. The highest BCUT2D eigenvalue weighted by Gasteiger charge is 2.33. The maximum absolute atomic E-state index is 12.6. The fourth-order valence-corrected chi connectivity index (χ4v) is 3.58. The van der Waals surface area contributed by atoms with Crippen LogP contribution >= 0.6 is 0 Å². The summed E-state index contributed by atoms with van der Waals surface area (Å²) in [4.78, 5) is 25.9. The second kappa shape index (κ2) is 8.05. The second-order valence-corrected chi connectivity index (χ2v) is 8.57. The summed E-state index contributed by atoms with van der Waals surface area (Å²) in [5.74, 6) is -0.302. The van der Waals surface area contributed by atoms with Crippen molar-refractivity contribution in [1.29, 1.82) is 0 Å². The molecule has 0 bridgehead atoms. The van der Waals surface area contributed by atoms with Crippen LogP contribution in [0.3, 0.4) is 0 Å². The van der Waals surface area contributed by atoms with Crippen molar-refractivity contribution < 1.29 is 14.5 Å². The molecule has 1 aromatic carbocycles. The minimum atomic E-state index is -0.443. The number of rotatable bonds is 7. The van der Waals surface area contributed by atoms with Crippen LogP contribution in [0.1, 0.15) is 50.9 Å². The van der Waals surface area contributed by atoms with Crippen molar-refractivity contribution in [2.45, 2.75) is 64.3 Å². The van der Waals surface area contributed by atoms with Gasteiger partial charge >= 0.3 is 0 Å². The SMILES string of the molecule is C[C@@H]1CN(C(C)(C)CNC(=O)c2ccc(NC3CC3)c([N+](=O)[O-])c2)C[C@@H](C)O1. The summed E-state index contributed by atoms with van der Waals surface area (Å²) < 4.78 is 5.79. The number of nitrogens with zero attached hydrogens (tertiary/aromatic N) is 2. The van der Waals surface area contributed by atoms with Crippen LogP contribution in [0.4, 0.5) is 11.4 Å². The number of nitrogens with one attached hydrogen (secondary N) is 2. The van der Waals surface area contributed by atoms with Crippen molar-refractivity contribution in [3.8, 4) is 0 Å². The number of hydrogen-bond acceptors (Lipinski definition) is 6. The first-order chi connectivity index (χ1) is 13.2. The molecule has 3 rings (SSSR count). The van der Waals surface area contributed by atoms with E-state index in [0.717, 1.165) is 25.9 Å². The van der Waals surface area contributed by atoms with Crippen LogP contribution in [0.25, 0.3) is 0 Å². The fraction of sp³-hybridized carbons (Fsp3) is 0.650. The lowest BCUT2D eigenvalue weighted by Gasteiger charge is -2.45. The highest BCUT2D eigenvalue weighted by molar-refractivity contribution is 5.95. The highest BCUT2D eigenvalue weighted by atomic mass is 16.6. The van der Waals surface area contributed by atoms with Gasteiger partial charge in [0.25, 0.3) is 11.6 Å². The number of amides is 1. The molecule has 2 aliphatic rings. The summed E-state index contributed by atoms with van der Waals surface area (Å²) in [6, 6.07) is 4.92. The van der Waals surface area contributed by atoms with Gasteiger partial charge in [-0.3, -0.25) is 19.8 Å². The van der Waals surface area contributed by atoms with Crippen molar-refractivity contribution in [3.05, 3.63) is 33.9 Å². The molecule has 2 N–H and O–H groups in total. The van der Waals surface area contributed by atoms with Crippen LogP contribution in [-0.2, 0) is 4.74 Å². The molecule has 1 aromatic rings. The van der Waals surface area contributed by atoms with Gasteiger partial charge in [-0.25, -0.2) is 0 Å². The molecular formula is C20H30N4O4. The second-order valence-electron chi connectivity index (χ2n) is 8.57. The van der Waals surface area contributed by atoms with Gasteiger partial charge in [0.1, 0.15) is 5.69 Å². The Morgan fingerprint density at radius 3 is 2.50 bits per heavy atom. The van der Waals surface area contributed by atoms with E-state index >= 15 is 0 Å². The minimum absolute atomic E-state index is 0.0605. The average molecular weight is 390 g/mol. The largest absolute Gasteiger partial charge is 0.377 e. The monoisotopic (exact) mass is 390 g/mol. The number of benzene rings is 1. The summed E-state index contributed by atoms with van der Waals surface area (Å²) in [5, 5.41) is 17.5. The lowest BCUT2D eigenvalue weighted by Crippen LogP contribution is -2.58. The topological polar surface area (TPSA) is 96.7 Å². The van der Waals surface area contributed by atoms with E-state index in [9.17, 15) is 14.9 Å². The van der Waals surface area contributed by atoms with Crippen LogP contribution in [0.15, 0.2) is 18.2 Å². The van der Waals surface area contributed by atoms with Gasteiger partial charge in [0, 0.05) is 42.8 Å². The van der Waals surface area contributed by atoms with Crippen molar-refractivity contribution in [2.24, 2.45) is 0 Å². The molecule has 0 radical (unpaired) electrons. The third kappa shape index (κ3) is 4.99. The molecule has 0 unspecified atom stereocenters. The third-order valence-corrected chi connectivity index (χ3v) is 5.35. The predicted molar refractivity (Wildman–Crippen MR) is 108 cm³/mol. The van der Waals surface area contributed by atoms with Gasteiger partial charge in [0.2, 0.25) is 0 Å². The van der Waals surface area contributed by atoms with Gasteiger partial charge in [-0.1, -0.05) is 0 Å². The number of nitro groups is 1. The minimum Gasteiger partial charge on any atom is -0.377 e. The fourth-order valence-electron chi connectivity index (χ4n) is 3.58. The van der Waals surface area contributed by atoms with Gasteiger partial charge in [-0.15, -0.1) is 0 Å². The normalized spacial score (nSPS) is 23.3. The highest BCUT2D eigenvalue weighted by Crippen LogP contribution is 2.31. The molecule has 2 atom stereocenters. The van der Waals surface area contributed by atoms with E-state index in [0.29, 0.717) is 23.8 Å². The van der Waals surface area contributed by atoms with Crippen LogP contribution in [0.2, 0.25) is 0 Å². The van der Waals surface area contributed by atoms with Crippen LogP contribution < -0.4 is 10.6 Å². The first-order valence-electron chi connectivity index (χ1n) is 9.89. The van der Waals surface area contributed by atoms with Gasteiger partial charge in [-0.05, 0) is 52.7 Å². The Balaban J connectivity index is 1.65.